The van der Waals surface area contributed by atoms with Crippen molar-refractivity contribution in [3.05, 3.63) is 71.8 Å². The molecule has 0 amide bonds. The van der Waals surface area contributed by atoms with Gasteiger partial charge in [-0.15, -0.1) is 0 Å². The highest BCUT2D eigenvalue weighted by Gasteiger charge is 2.40. The first-order valence-electron chi connectivity index (χ1n) is 9.25. The van der Waals surface area contributed by atoms with E-state index in [-0.39, 0.29) is 5.54 Å². The molecule has 1 aliphatic rings. The van der Waals surface area contributed by atoms with Crippen LogP contribution in [0.15, 0.2) is 60.7 Å². The Kier molecular flexibility index (Phi) is 4.10. The van der Waals surface area contributed by atoms with Gasteiger partial charge in [0.25, 0.3) is 0 Å². The van der Waals surface area contributed by atoms with Gasteiger partial charge in [0.2, 0.25) is 11.2 Å². The molecular weight excluding hydrogens is 347 g/mol. The molecule has 4 rings (SSSR count). The van der Waals surface area contributed by atoms with Gasteiger partial charge in [-0.2, -0.15) is 17.7 Å². The number of hydrogen-bond donors (Lipinski definition) is 0. The van der Waals surface area contributed by atoms with Crippen LogP contribution in [0.3, 0.4) is 0 Å². The average molecular weight is 368 g/mol. The molecule has 0 spiro atoms. The third kappa shape index (κ3) is 2.75. The third-order valence-electron chi connectivity index (χ3n) is 5.74. The van der Waals surface area contributed by atoms with Gasteiger partial charge >= 0.3 is 6.18 Å². The number of allylic oxidation sites excluding steroid dienone is 1. The van der Waals surface area contributed by atoms with Gasteiger partial charge in [0.05, 0.1) is 11.1 Å². The van der Waals surface area contributed by atoms with Crippen LogP contribution in [0, 0.1) is 0 Å². The van der Waals surface area contributed by atoms with Crippen LogP contribution in [-0.4, -0.2) is 0 Å². The summed E-state index contributed by atoms with van der Waals surface area (Å²) < 4.78 is 42.0. The zero-order valence-electron chi connectivity index (χ0n) is 15.3. The number of rotatable bonds is 2. The van der Waals surface area contributed by atoms with E-state index in [1.54, 1.807) is 6.07 Å². The van der Waals surface area contributed by atoms with Gasteiger partial charge in [-0.3, -0.25) is 0 Å². The van der Waals surface area contributed by atoms with Gasteiger partial charge in [0, 0.05) is 30.4 Å². The summed E-state index contributed by atoms with van der Waals surface area (Å²) in [6, 6.07) is 16.3. The normalized spacial score (nSPS) is 15.3. The molecule has 0 unspecified atom stereocenters. The third-order valence-corrected chi connectivity index (χ3v) is 5.74. The van der Waals surface area contributed by atoms with Crippen molar-refractivity contribution in [1.29, 1.82) is 0 Å². The molecule has 4 heteroatoms. The van der Waals surface area contributed by atoms with E-state index in [1.807, 2.05) is 30.3 Å². The lowest BCUT2D eigenvalue weighted by atomic mass is 9.90. The fraction of sp³-hybridized carbons (Fsp3) is 0.261. The summed E-state index contributed by atoms with van der Waals surface area (Å²) in [6.45, 7) is 4.26. The maximum Gasteiger partial charge on any atom is 0.416 e. The highest BCUT2D eigenvalue weighted by atomic mass is 19.4. The molecule has 3 aromatic rings. The van der Waals surface area contributed by atoms with Crippen LogP contribution in [0.2, 0.25) is 0 Å². The minimum Gasteiger partial charge on any atom is -0.182 e. The Bertz CT molecular complexity index is 1040. The Morgan fingerprint density at radius 2 is 1.67 bits per heavy atom. The lowest BCUT2D eigenvalue weighted by Crippen LogP contribution is -2.56. The van der Waals surface area contributed by atoms with Crippen LogP contribution in [0.5, 0.6) is 0 Å². The summed E-state index contributed by atoms with van der Waals surface area (Å²) in [4.78, 5) is 0. The number of pyridine rings is 1. The standard InChI is InChI=1S/C23H21F3N/c1-3-22(4-2)14-13-17-15-18(23(24,25)26)10-11-19(17)21-12-9-16-7-5-6-8-20(16)27(21)22/h5-15H,3-4H2,1-2H3/q+1. The highest BCUT2D eigenvalue weighted by molar-refractivity contribution is 5.80. The Hall–Kier alpha value is -2.62. The summed E-state index contributed by atoms with van der Waals surface area (Å²) in [6.07, 6.45) is 1.30. The van der Waals surface area contributed by atoms with Gasteiger partial charge in [-0.25, -0.2) is 0 Å². The second kappa shape index (κ2) is 6.22. The fourth-order valence-electron chi connectivity index (χ4n) is 4.13. The second-order valence-electron chi connectivity index (χ2n) is 7.06. The largest absolute Gasteiger partial charge is 0.416 e. The van der Waals surface area contributed by atoms with Crippen molar-refractivity contribution < 1.29 is 17.7 Å². The van der Waals surface area contributed by atoms with Crippen molar-refractivity contribution in [3.8, 4) is 11.3 Å². The van der Waals surface area contributed by atoms with Gasteiger partial charge in [0.1, 0.15) is 0 Å². The molecule has 0 N–H and O–H groups in total. The molecule has 0 fully saturated rings. The zero-order chi connectivity index (χ0) is 19.2. The number of nitrogens with zero attached hydrogens (tertiary/aromatic N) is 1. The monoisotopic (exact) mass is 368 g/mol. The molecule has 1 aromatic heterocycles. The van der Waals surface area contributed by atoms with E-state index in [2.05, 4.69) is 36.6 Å². The SMILES string of the molecule is CCC1(CC)C=Cc2cc(C(F)(F)F)ccc2-c2ccc3ccccc3[n+]21. The lowest BCUT2D eigenvalue weighted by Gasteiger charge is -2.25. The van der Waals surface area contributed by atoms with E-state index < -0.39 is 11.7 Å². The van der Waals surface area contributed by atoms with Gasteiger partial charge in [-0.1, -0.05) is 32.1 Å². The van der Waals surface area contributed by atoms with Crippen LogP contribution >= 0.6 is 0 Å². The first-order valence-corrected chi connectivity index (χ1v) is 9.25. The molecule has 1 aliphatic heterocycles. The van der Waals surface area contributed by atoms with Gasteiger partial charge in [0.15, 0.2) is 5.54 Å². The number of hydrogen-bond acceptors (Lipinski definition) is 0. The maximum absolute atomic E-state index is 13.2. The molecule has 0 aliphatic carbocycles. The molecule has 2 heterocycles. The summed E-state index contributed by atoms with van der Waals surface area (Å²) >= 11 is 0. The van der Waals surface area contributed by atoms with Crippen LogP contribution in [-0.2, 0) is 11.7 Å². The van der Waals surface area contributed by atoms with Crippen molar-refractivity contribution in [3.63, 3.8) is 0 Å². The molecule has 0 saturated heterocycles. The first-order chi connectivity index (χ1) is 12.9. The van der Waals surface area contributed by atoms with E-state index in [1.165, 1.54) is 12.1 Å². The number of alkyl halides is 3. The quantitative estimate of drug-likeness (QED) is 0.464. The molecule has 1 nitrogen and oxygen atoms in total. The van der Waals surface area contributed by atoms with Crippen LogP contribution in [0.25, 0.3) is 28.2 Å². The average Bonchev–Trinajstić information content (AvgIpc) is 2.82. The minimum atomic E-state index is -4.35. The summed E-state index contributed by atoms with van der Waals surface area (Å²) in [7, 11) is 0. The maximum atomic E-state index is 13.2. The van der Waals surface area contributed by atoms with Crippen molar-refractivity contribution in [2.45, 2.75) is 38.4 Å². The van der Waals surface area contributed by atoms with Gasteiger partial charge < -0.3 is 0 Å². The molecule has 0 saturated carbocycles. The zero-order valence-corrected chi connectivity index (χ0v) is 15.3. The molecule has 138 valence electrons. The van der Waals surface area contributed by atoms with E-state index in [0.717, 1.165) is 35.0 Å². The van der Waals surface area contributed by atoms with Crippen molar-refractivity contribution >= 4 is 17.0 Å². The summed E-state index contributed by atoms with van der Waals surface area (Å²) in [5.41, 5.74) is 2.58. The summed E-state index contributed by atoms with van der Waals surface area (Å²) in [5.74, 6) is 0. The van der Waals surface area contributed by atoms with E-state index in [0.29, 0.717) is 5.56 Å². The van der Waals surface area contributed by atoms with Crippen molar-refractivity contribution in [1.82, 2.24) is 0 Å². The number of para-hydroxylation sites is 1. The highest BCUT2D eigenvalue weighted by Crippen LogP contribution is 2.37. The molecule has 0 radical (unpaired) electrons. The number of benzene rings is 2. The van der Waals surface area contributed by atoms with Crippen LogP contribution in [0.4, 0.5) is 13.2 Å². The summed E-state index contributed by atoms with van der Waals surface area (Å²) in [5, 5.41) is 1.12. The van der Waals surface area contributed by atoms with E-state index in [4.69, 9.17) is 0 Å². The number of fused-ring (bicyclic) bond motifs is 5. The Labute approximate surface area is 156 Å². The second-order valence-corrected chi connectivity index (χ2v) is 7.06. The molecule has 27 heavy (non-hydrogen) atoms. The Balaban J connectivity index is 2.10. The van der Waals surface area contributed by atoms with E-state index >= 15 is 0 Å². The van der Waals surface area contributed by atoms with E-state index in [9.17, 15) is 13.2 Å². The number of aromatic nitrogens is 1. The Morgan fingerprint density at radius 1 is 0.926 bits per heavy atom. The predicted molar refractivity (Wildman–Crippen MR) is 102 cm³/mol. The lowest BCUT2D eigenvalue weighted by molar-refractivity contribution is -0.720. The molecule has 0 bridgehead atoms. The first kappa shape index (κ1) is 17.8. The molecule has 0 atom stereocenters. The molecule has 2 aromatic carbocycles. The van der Waals surface area contributed by atoms with Crippen LogP contribution < -0.4 is 4.57 Å². The molecular formula is C23H21F3N+. The minimum absolute atomic E-state index is 0.284. The van der Waals surface area contributed by atoms with Crippen molar-refractivity contribution in [2.24, 2.45) is 0 Å². The predicted octanol–water partition coefficient (Wildman–Crippen LogP) is 6.36. The Morgan fingerprint density at radius 3 is 2.37 bits per heavy atom. The number of halogens is 3. The fourth-order valence-corrected chi connectivity index (χ4v) is 4.13. The van der Waals surface area contributed by atoms with Crippen LogP contribution in [0.1, 0.15) is 37.8 Å². The van der Waals surface area contributed by atoms with Gasteiger partial charge in [-0.05, 0) is 42.0 Å². The smallest absolute Gasteiger partial charge is 0.182 e. The topological polar surface area (TPSA) is 3.88 Å². The van der Waals surface area contributed by atoms with Crippen molar-refractivity contribution in [2.75, 3.05) is 0 Å².